The number of nitrogens with zero attached hydrogens (tertiary/aromatic N) is 1. The zero-order valence-corrected chi connectivity index (χ0v) is 6.81. The lowest BCUT2D eigenvalue weighted by Gasteiger charge is -2.26. The van der Waals surface area contributed by atoms with Crippen LogP contribution in [0.5, 0.6) is 0 Å². The van der Waals surface area contributed by atoms with Gasteiger partial charge in [0.05, 0.1) is 24.5 Å². The summed E-state index contributed by atoms with van der Waals surface area (Å²) in [7, 11) is 0. The predicted octanol–water partition coefficient (Wildman–Crippen LogP) is 0.376. The van der Waals surface area contributed by atoms with E-state index >= 15 is 0 Å². The van der Waals surface area contributed by atoms with Crippen LogP contribution in [-0.4, -0.2) is 34.8 Å². The minimum Gasteiger partial charge on any atom is -0.411 e. The standard InChI is InChI=1S/C8H13NO3/c10-5-1-2-6-7(9-11)4-12-8(6)3-5/h5-6,8,10-11H,1-4H2/b9-7+. The van der Waals surface area contributed by atoms with Gasteiger partial charge in [0.15, 0.2) is 0 Å². The highest BCUT2D eigenvalue weighted by Gasteiger charge is 2.38. The number of oxime groups is 1. The Morgan fingerprint density at radius 3 is 3.00 bits per heavy atom. The summed E-state index contributed by atoms with van der Waals surface area (Å²) in [6.07, 6.45) is 2.21. The molecule has 0 aromatic heterocycles. The van der Waals surface area contributed by atoms with Gasteiger partial charge in [-0.3, -0.25) is 0 Å². The maximum atomic E-state index is 9.33. The zero-order valence-electron chi connectivity index (χ0n) is 6.81. The van der Waals surface area contributed by atoms with E-state index < -0.39 is 0 Å². The summed E-state index contributed by atoms with van der Waals surface area (Å²) >= 11 is 0. The van der Waals surface area contributed by atoms with Gasteiger partial charge in [-0.2, -0.15) is 0 Å². The number of aliphatic hydroxyl groups excluding tert-OH is 1. The Kier molecular flexibility index (Phi) is 2.02. The quantitative estimate of drug-likeness (QED) is 0.409. The number of hydrogen-bond donors (Lipinski definition) is 2. The Morgan fingerprint density at radius 2 is 2.25 bits per heavy atom. The van der Waals surface area contributed by atoms with Crippen LogP contribution in [0.4, 0.5) is 0 Å². The van der Waals surface area contributed by atoms with Gasteiger partial charge in [-0.05, 0) is 12.8 Å². The molecule has 2 rings (SSSR count). The highest BCUT2D eigenvalue weighted by molar-refractivity contribution is 5.89. The second-order valence-corrected chi connectivity index (χ2v) is 3.51. The van der Waals surface area contributed by atoms with Gasteiger partial charge in [0.25, 0.3) is 0 Å². The summed E-state index contributed by atoms with van der Waals surface area (Å²) in [6, 6.07) is 0. The van der Waals surface area contributed by atoms with Gasteiger partial charge in [0.1, 0.15) is 0 Å². The molecule has 1 saturated carbocycles. The topological polar surface area (TPSA) is 62.1 Å². The predicted molar refractivity (Wildman–Crippen MR) is 42.3 cm³/mol. The number of ether oxygens (including phenoxy) is 1. The average molecular weight is 171 g/mol. The van der Waals surface area contributed by atoms with E-state index in [4.69, 9.17) is 9.94 Å². The summed E-state index contributed by atoms with van der Waals surface area (Å²) in [5.41, 5.74) is 0.743. The Labute approximate surface area is 70.8 Å². The monoisotopic (exact) mass is 171 g/mol. The van der Waals surface area contributed by atoms with Crippen LogP contribution < -0.4 is 0 Å². The van der Waals surface area contributed by atoms with Crippen LogP contribution in [0.2, 0.25) is 0 Å². The first-order valence-electron chi connectivity index (χ1n) is 4.31. The lowest BCUT2D eigenvalue weighted by molar-refractivity contribution is 0.00736. The molecule has 0 bridgehead atoms. The summed E-state index contributed by atoms with van der Waals surface area (Å²) < 4.78 is 5.38. The third-order valence-electron chi connectivity index (χ3n) is 2.77. The summed E-state index contributed by atoms with van der Waals surface area (Å²) in [5.74, 6) is 0.249. The molecule has 0 aromatic rings. The largest absolute Gasteiger partial charge is 0.411 e. The molecule has 2 N–H and O–H groups in total. The van der Waals surface area contributed by atoms with E-state index in [9.17, 15) is 5.11 Å². The van der Waals surface area contributed by atoms with E-state index in [0.717, 1.165) is 18.6 Å². The molecule has 68 valence electrons. The van der Waals surface area contributed by atoms with Gasteiger partial charge in [0.2, 0.25) is 0 Å². The molecular formula is C8H13NO3. The fraction of sp³-hybridized carbons (Fsp3) is 0.875. The van der Waals surface area contributed by atoms with Crippen molar-refractivity contribution in [3.8, 4) is 0 Å². The van der Waals surface area contributed by atoms with Crippen molar-refractivity contribution in [3.63, 3.8) is 0 Å². The van der Waals surface area contributed by atoms with Crippen molar-refractivity contribution < 1.29 is 15.1 Å². The lowest BCUT2D eigenvalue weighted by atomic mass is 9.84. The van der Waals surface area contributed by atoms with Crippen LogP contribution in [-0.2, 0) is 4.74 Å². The maximum Gasteiger partial charge on any atom is 0.0889 e. The molecule has 0 radical (unpaired) electrons. The van der Waals surface area contributed by atoms with E-state index in [1.165, 1.54) is 0 Å². The van der Waals surface area contributed by atoms with E-state index in [1.54, 1.807) is 0 Å². The highest BCUT2D eigenvalue weighted by Crippen LogP contribution is 2.32. The Hall–Kier alpha value is -0.610. The Bertz CT molecular complexity index is 204. The van der Waals surface area contributed by atoms with Crippen molar-refractivity contribution in [2.24, 2.45) is 11.1 Å². The van der Waals surface area contributed by atoms with E-state index in [1.807, 2.05) is 0 Å². The average Bonchev–Trinajstić information content (AvgIpc) is 2.46. The van der Waals surface area contributed by atoms with Crippen molar-refractivity contribution in [2.45, 2.75) is 31.5 Å². The van der Waals surface area contributed by atoms with Gasteiger partial charge in [-0.1, -0.05) is 5.16 Å². The summed E-state index contributed by atoms with van der Waals surface area (Å²) in [4.78, 5) is 0. The minimum atomic E-state index is -0.232. The third-order valence-corrected chi connectivity index (χ3v) is 2.77. The van der Waals surface area contributed by atoms with Crippen molar-refractivity contribution >= 4 is 5.71 Å². The molecule has 0 aromatic carbocycles. The second kappa shape index (κ2) is 3.03. The van der Waals surface area contributed by atoms with Gasteiger partial charge in [-0.15, -0.1) is 0 Å². The summed E-state index contributed by atoms with van der Waals surface area (Å²) in [6.45, 7) is 0.429. The number of rotatable bonds is 0. The molecule has 0 amide bonds. The molecule has 12 heavy (non-hydrogen) atoms. The molecule has 0 spiro atoms. The van der Waals surface area contributed by atoms with Gasteiger partial charge in [0, 0.05) is 12.3 Å². The molecule has 1 aliphatic carbocycles. The molecule has 1 saturated heterocycles. The van der Waals surface area contributed by atoms with Crippen LogP contribution in [0, 0.1) is 5.92 Å². The SMILES string of the molecule is O/N=C1\COC2CC(O)CCC12. The van der Waals surface area contributed by atoms with E-state index in [-0.39, 0.29) is 18.1 Å². The van der Waals surface area contributed by atoms with E-state index in [0.29, 0.717) is 13.0 Å². The Morgan fingerprint density at radius 1 is 1.42 bits per heavy atom. The molecule has 2 fully saturated rings. The maximum absolute atomic E-state index is 9.33. The molecule has 3 atom stereocenters. The minimum absolute atomic E-state index is 0.0830. The first-order chi connectivity index (χ1) is 5.81. The second-order valence-electron chi connectivity index (χ2n) is 3.51. The number of fused-ring (bicyclic) bond motifs is 1. The van der Waals surface area contributed by atoms with Gasteiger partial charge < -0.3 is 15.1 Å². The van der Waals surface area contributed by atoms with Crippen LogP contribution in [0.1, 0.15) is 19.3 Å². The smallest absolute Gasteiger partial charge is 0.0889 e. The van der Waals surface area contributed by atoms with Crippen molar-refractivity contribution in [3.05, 3.63) is 0 Å². The van der Waals surface area contributed by atoms with Crippen LogP contribution in [0.3, 0.4) is 0 Å². The zero-order chi connectivity index (χ0) is 8.55. The fourth-order valence-corrected chi connectivity index (χ4v) is 2.08. The molecular weight excluding hydrogens is 158 g/mol. The van der Waals surface area contributed by atoms with Gasteiger partial charge >= 0.3 is 0 Å². The fourth-order valence-electron chi connectivity index (χ4n) is 2.08. The molecule has 4 heteroatoms. The molecule has 4 nitrogen and oxygen atoms in total. The molecule has 1 aliphatic heterocycles. The van der Waals surface area contributed by atoms with Crippen LogP contribution >= 0.6 is 0 Å². The summed E-state index contributed by atoms with van der Waals surface area (Å²) in [5, 5.41) is 21.2. The normalized spacial score (nSPS) is 44.8. The number of hydrogen-bond acceptors (Lipinski definition) is 4. The Balaban J connectivity index is 2.07. The number of aliphatic hydroxyl groups is 1. The van der Waals surface area contributed by atoms with Crippen molar-refractivity contribution in [1.29, 1.82) is 0 Å². The van der Waals surface area contributed by atoms with Crippen LogP contribution in [0.15, 0.2) is 5.16 Å². The van der Waals surface area contributed by atoms with Crippen LogP contribution in [0.25, 0.3) is 0 Å². The lowest BCUT2D eigenvalue weighted by Crippen LogP contribution is -2.31. The van der Waals surface area contributed by atoms with Crippen molar-refractivity contribution in [2.75, 3.05) is 6.61 Å². The molecule has 3 unspecified atom stereocenters. The molecule has 2 aliphatic rings. The van der Waals surface area contributed by atoms with E-state index in [2.05, 4.69) is 5.16 Å². The highest BCUT2D eigenvalue weighted by atomic mass is 16.5. The van der Waals surface area contributed by atoms with Gasteiger partial charge in [-0.25, -0.2) is 0 Å². The third kappa shape index (κ3) is 1.21. The first kappa shape index (κ1) is 8.01. The first-order valence-corrected chi connectivity index (χ1v) is 4.31. The molecule has 1 heterocycles. The van der Waals surface area contributed by atoms with Crippen molar-refractivity contribution in [1.82, 2.24) is 0 Å².